The molecule has 0 N–H and O–H groups in total. The van der Waals surface area contributed by atoms with Crippen LogP contribution in [0.4, 0.5) is 0 Å². The SMILES string of the molecule is COc1ccc(CC(=O)N=c2sc3cc4c(cc3n2C)OCO4)cc1OC. The molecule has 1 aliphatic rings. The highest BCUT2D eigenvalue weighted by Crippen LogP contribution is 2.36. The zero-order chi connectivity index (χ0) is 19.0. The van der Waals surface area contributed by atoms with Crippen molar-refractivity contribution in [2.75, 3.05) is 21.0 Å². The molecule has 8 heteroatoms. The molecule has 3 aromatic rings. The molecule has 7 nitrogen and oxygen atoms in total. The van der Waals surface area contributed by atoms with Crippen LogP contribution in [-0.2, 0) is 18.3 Å². The first kappa shape index (κ1) is 17.4. The lowest BCUT2D eigenvalue weighted by Gasteiger charge is -2.08. The standard InChI is InChI=1S/C19H18N2O5S/c1-21-12-8-15-16(26-10-25-15)9-17(12)27-19(21)20-18(22)7-11-4-5-13(23-2)14(6-11)24-3/h4-6,8-9H,7,10H2,1-3H3. The van der Waals surface area contributed by atoms with Gasteiger partial charge < -0.3 is 23.5 Å². The number of amides is 1. The molecule has 0 bridgehead atoms. The average molecular weight is 386 g/mol. The Morgan fingerprint density at radius 1 is 1.15 bits per heavy atom. The average Bonchev–Trinajstić information content (AvgIpc) is 3.24. The van der Waals surface area contributed by atoms with Gasteiger partial charge in [-0.05, 0) is 17.7 Å². The van der Waals surface area contributed by atoms with Crippen molar-refractivity contribution in [3.05, 3.63) is 40.7 Å². The summed E-state index contributed by atoms with van der Waals surface area (Å²) in [7, 11) is 5.02. The van der Waals surface area contributed by atoms with E-state index >= 15 is 0 Å². The Hall–Kier alpha value is -3.00. The number of aromatic nitrogens is 1. The molecule has 0 saturated carbocycles. The maximum Gasteiger partial charge on any atom is 0.252 e. The quantitative estimate of drug-likeness (QED) is 0.689. The van der Waals surface area contributed by atoms with Gasteiger partial charge in [-0.15, -0.1) is 0 Å². The number of carbonyl (C=O) groups is 1. The first-order valence-corrected chi connectivity index (χ1v) is 9.08. The number of fused-ring (bicyclic) bond motifs is 2. The smallest absolute Gasteiger partial charge is 0.252 e. The minimum Gasteiger partial charge on any atom is -0.493 e. The number of rotatable bonds is 4. The molecule has 2 aromatic carbocycles. The fraction of sp³-hybridized carbons (Fsp3) is 0.263. The predicted octanol–water partition coefficient (Wildman–Crippen LogP) is 2.66. The lowest BCUT2D eigenvalue weighted by molar-refractivity contribution is -0.117. The lowest BCUT2D eigenvalue weighted by atomic mass is 10.1. The molecular formula is C19H18N2O5S. The van der Waals surface area contributed by atoms with Gasteiger partial charge in [0.15, 0.2) is 27.8 Å². The molecule has 0 unspecified atom stereocenters. The van der Waals surface area contributed by atoms with Gasteiger partial charge in [0.2, 0.25) is 6.79 Å². The zero-order valence-electron chi connectivity index (χ0n) is 15.1. The van der Waals surface area contributed by atoms with E-state index in [1.807, 2.05) is 29.8 Å². The molecule has 0 radical (unpaired) electrons. The van der Waals surface area contributed by atoms with Crippen LogP contribution in [0.5, 0.6) is 23.0 Å². The van der Waals surface area contributed by atoms with E-state index in [9.17, 15) is 4.79 Å². The Morgan fingerprint density at radius 2 is 1.89 bits per heavy atom. The number of nitrogens with zero attached hydrogens (tertiary/aromatic N) is 2. The van der Waals surface area contributed by atoms with Crippen LogP contribution in [0.2, 0.25) is 0 Å². The highest BCUT2D eigenvalue weighted by atomic mass is 32.1. The number of methoxy groups -OCH3 is 2. The summed E-state index contributed by atoms with van der Waals surface area (Å²) < 4.78 is 24.2. The van der Waals surface area contributed by atoms with Crippen LogP contribution in [-0.4, -0.2) is 31.5 Å². The van der Waals surface area contributed by atoms with Gasteiger partial charge in [0, 0.05) is 19.2 Å². The van der Waals surface area contributed by atoms with Gasteiger partial charge in [-0.2, -0.15) is 4.99 Å². The van der Waals surface area contributed by atoms with Crippen molar-refractivity contribution in [1.29, 1.82) is 0 Å². The molecule has 1 aliphatic heterocycles. The van der Waals surface area contributed by atoms with Crippen LogP contribution in [0.1, 0.15) is 5.56 Å². The first-order valence-electron chi connectivity index (χ1n) is 8.26. The Balaban J connectivity index is 1.63. The zero-order valence-corrected chi connectivity index (χ0v) is 16.0. The van der Waals surface area contributed by atoms with E-state index in [2.05, 4.69) is 4.99 Å². The van der Waals surface area contributed by atoms with Crippen LogP contribution in [0, 0.1) is 0 Å². The summed E-state index contributed by atoms with van der Waals surface area (Å²) in [6, 6.07) is 9.23. The molecule has 1 aromatic heterocycles. The molecular weight excluding hydrogens is 368 g/mol. The third kappa shape index (κ3) is 3.23. The second-order valence-electron chi connectivity index (χ2n) is 5.99. The normalized spacial score (nSPS) is 13.2. The minimum atomic E-state index is -0.232. The molecule has 140 valence electrons. The Kier molecular flexibility index (Phi) is 4.49. The Morgan fingerprint density at radius 3 is 2.63 bits per heavy atom. The molecule has 4 rings (SSSR count). The van der Waals surface area contributed by atoms with Crippen molar-refractivity contribution in [2.45, 2.75) is 6.42 Å². The van der Waals surface area contributed by atoms with Gasteiger partial charge in [-0.25, -0.2) is 0 Å². The third-order valence-electron chi connectivity index (χ3n) is 4.33. The van der Waals surface area contributed by atoms with Gasteiger partial charge in [0.05, 0.1) is 30.9 Å². The van der Waals surface area contributed by atoms with E-state index in [1.165, 1.54) is 11.3 Å². The molecule has 27 heavy (non-hydrogen) atoms. The Labute approximate surface area is 159 Å². The second-order valence-corrected chi connectivity index (χ2v) is 7.00. The van der Waals surface area contributed by atoms with Crippen molar-refractivity contribution in [2.24, 2.45) is 12.0 Å². The molecule has 0 aliphatic carbocycles. The maximum absolute atomic E-state index is 12.5. The van der Waals surface area contributed by atoms with Gasteiger partial charge in [0.1, 0.15) is 0 Å². The van der Waals surface area contributed by atoms with Crippen LogP contribution in [0.3, 0.4) is 0 Å². The van der Waals surface area contributed by atoms with E-state index in [0.717, 1.165) is 15.8 Å². The largest absolute Gasteiger partial charge is 0.493 e. The van der Waals surface area contributed by atoms with Gasteiger partial charge in [0.25, 0.3) is 5.91 Å². The summed E-state index contributed by atoms with van der Waals surface area (Å²) in [6.07, 6.45) is 0.178. The van der Waals surface area contributed by atoms with Crippen LogP contribution < -0.4 is 23.7 Å². The summed E-state index contributed by atoms with van der Waals surface area (Å²) in [5.41, 5.74) is 1.76. The number of hydrogen-bond acceptors (Lipinski definition) is 6. The van der Waals surface area contributed by atoms with Crippen LogP contribution >= 0.6 is 11.3 Å². The van der Waals surface area contributed by atoms with Crippen molar-refractivity contribution in [3.63, 3.8) is 0 Å². The lowest BCUT2D eigenvalue weighted by Crippen LogP contribution is -2.14. The van der Waals surface area contributed by atoms with Crippen molar-refractivity contribution in [1.82, 2.24) is 4.57 Å². The van der Waals surface area contributed by atoms with Crippen LogP contribution in [0.15, 0.2) is 35.3 Å². The number of carbonyl (C=O) groups excluding carboxylic acids is 1. The van der Waals surface area contributed by atoms with Gasteiger partial charge in [-0.3, -0.25) is 4.79 Å². The number of aryl methyl sites for hydroxylation is 1. The van der Waals surface area contributed by atoms with Gasteiger partial charge in [-0.1, -0.05) is 17.4 Å². The highest BCUT2D eigenvalue weighted by Gasteiger charge is 2.17. The third-order valence-corrected chi connectivity index (χ3v) is 5.42. The topological polar surface area (TPSA) is 71.3 Å². The predicted molar refractivity (Wildman–Crippen MR) is 101 cm³/mol. The van der Waals surface area contributed by atoms with Crippen molar-refractivity contribution < 1.29 is 23.7 Å². The van der Waals surface area contributed by atoms with E-state index in [1.54, 1.807) is 26.4 Å². The summed E-state index contributed by atoms with van der Waals surface area (Å²) in [6.45, 7) is 0.233. The van der Waals surface area contributed by atoms with E-state index in [0.29, 0.717) is 27.8 Å². The summed E-state index contributed by atoms with van der Waals surface area (Å²) in [5.74, 6) is 2.40. The fourth-order valence-electron chi connectivity index (χ4n) is 2.94. The van der Waals surface area contributed by atoms with Crippen molar-refractivity contribution >= 4 is 27.5 Å². The number of thiazole rings is 1. The number of hydrogen-bond donors (Lipinski definition) is 0. The van der Waals surface area contributed by atoms with E-state index in [-0.39, 0.29) is 19.1 Å². The van der Waals surface area contributed by atoms with Gasteiger partial charge >= 0.3 is 0 Å². The molecule has 0 atom stereocenters. The first-order chi connectivity index (χ1) is 13.1. The number of ether oxygens (including phenoxy) is 4. The fourth-order valence-corrected chi connectivity index (χ4v) is 3.98. The van der Waals surface area contributed by atoms with Crippen molar-refractivity contribution in [3.8, 4) is 23.0 Å². The van der Waals surface area contributed by atoms with E-state index < -0.39 is 0 Å². The highest BCUT2D eigenvalue weighted by molar-refractivity contribution is 7.16. The van der Waals surface area contributed by atoms with E-state index in [4.69, 9.17) is 18.9 Å². The molecule has 1 amide bonds. The van der Waals surface area contributed by atoms with Crippen LogP contribution in [0.25, 0.3) is 10.2 Å². The summed E-state index contributed by atoms with van der Waals surface area (Å²) in [5, 5.41) is 0. The summed E-state index contributed by atoms with van der Waals surface area (Å²) >= 11 is 1.44. The molecule has 0 saturated heterocycles. The maximum atomic E-state index is 12.5. The molecule has 0 fully saturated rings. The molecule has 2 heterocycles. The monoisotopic (exact) mass is 386 g/mol. The minimum absolute atomic E-state index is 0.178. The molecule has 0 spiro atoms. The number of benzene rings is 2. The Bertz CT molecular complexity index is 1100. The summed E-state index contributed by atoms with van der Waals surface area (Å²) in [4.78, 5) is 17.4. The second kappa shape index (κ2) is 6.96.